The number of nitrogens with one attached hydrogen (secondary N) is 1. The van der Waals surface area contributed by atoms with E-state index in [4.69, 9.17) is 0 Å². The predicted molar refractivity (Wildman–Crippen MR) is 86.3 cm³/mol. The highest BCUT2D eigenvalue weighted by molar-refractivity contribution is 9.10. The summed E-state index contributed by atoms with van der Waals surface area (Å²) in [6.45, 7) is 1.03. The van der Waals surface area contributed by atoms with Crippen molar-refractivity contribution in [3.05, 3.63) is 23.1 Å². The minimum absolute atomic E-state index is 0.789. The minimum atomic E-state index is 0.789. The van der Waals surface area contributed by atoms with Crippen molar-refractivity contribution in [3.63, 3.8) is 0 Å². The molecule has 0 saturated carbocycles. The maximum Gasteiger partial charge on any atom is 0.153 e. The van der Waals surface area contributed by atoms with Crippen LogP contribution in [0.1, 0.15) is 25.7 Å². The van der Waals surface area contributed by atoms with Crippen LogP contribution in [0, 0.1) is 5.92 Å². The van der Waals surface area contributed by atoms with E-state index in [1.54, 1.807) is 6.20 Å². The van der Waals surface area contributed by atoms with Crippen LogP contribution in [0.25, 0.3) is 5.52 Å². The van der Waals surface area contributed by atoms with E-state index in [0.29, 0.717) is 0 Å². The summed E-state index contributed by atoms with van der Waals surface area (Å²) in [5.74, 6) is 1.72. The first-order chi connectivity index (χ1) is 9.79. The number of rotatable bonds is 3. The van der Waals surface area contributed by atoms with Crippen molar-refractivity contribution < 1.29 is 0 Å². The summed E-state index contributed by atoms with van der Waals surface area (Å²) in [5, 5.41) is 9.65. The van der Waals surface area contributed by atoms with Gasteiger partial charge in [0.1, 0.15) is 5.52 Å². The van der Waals surface area contributed by atoms with Crippen LogP contribution >= 0.6 is 27.7 Å². The summed E-state index contributed by atoms with van der Waals surface area (Å²) >= 11 is 5.77. The first-order valence-electron chi connectivity index (χ1n) is 7.17. The van der Waals surface area contributed by atoms with Crippen LogP contribution < -0.4 is 5.32 Å². The fourth-order valence-corrected chi connectivity index (χ4v) is 5.73. The molecule has 0 radical (unpaired) electrons. The van der Waals surface area contributed by atoms with Gasteiger partial charge in [0.05, 0.1) is 10.7 Å². The Hall–Kier alpha value is -0.750. The fraction of sp³-hybridized carbons (Fsp3) is 0.571. The molecular weight excluding hydrogens is 336 g/mol. The molecule has 2 aliphatic heterocycles. The Morgan fingerprint density at radius 2 is 2.15 bits per heavy atom. The van der Waals surface area contributed by atoms with Crippen molar-refractivity contribution in [2.75, 3.05) is 11.9 Å². The molecule has 2 saturated heterocycles. The summed E-state index contributed by atoms with van der Waals surface area (Å²) in [6.07, 6.45) is 11.1. The summed E-state index contributed by atoms with van der Waals surface area (Å²) in [6, 6.07) is 0. The molecule has 2 atom stereocenters. The van der Waals surface area contributed by atoms with Crippen LogP contribution in [0.5, 0.6) is 0 Å². The van der Waals surface area contributed by atoms with E-state index in [2.05, 4.69) is 43.1 Å². The lowest BCUT2D eigenvalue weighted by Gasteiger charge is -2.27. The molecule has 0 aromatic carbocycles. The highest BCUT2D eigenvalue weighted by Crippen LogP contribution is 2.45. The van der Waals surface area contributed by atoms with Crippen molar-refractivity contribution in [2.24, 2.45) is 5.92 Å². The van der Waals surface area contributed by atoms with Gasteiger partial charge < -0.3 is 5.32 Å². The quantitative estimate of drug-likeness (QED) is 0.916. The standard InChI is InChI=1S/C14H17BrN4S/c15-12-8-18-19-4-3-16-14(13(12)19)17-7-9-5-10-1-2-11(6-9)20-10/h3-4,8-11H,1-2,5-7H2,(H,16,17). The third-order valence-electron chi connectivity index (χ3n) is 4.33. The number of hydrogen-bond donors (Lipinski definition) is 1. The van der Waals surface area contributed by atoms with E-state index < -0.39 is 0 Å². The van der Waals surface area contributed by atoms with Crippen LogP contribution in [0.4, 0.5) is 5.82 Å². The molecule has 4 heterocycles. The van der Waals surface area contributed by atoms with E-state index in [-0.39, 0.29) is 0 Å². The van der Waals surface area contributed by atoms with Gasteiger partial charge in [-0.15, -0.1) is 0 Å². The van der Waals surface area contributed by atoms with Crippen molar-refractivity contribution in [1.82, 2.24) is 14.6 Å². The van der Waals surface area contributed by atoms with Crippen molar-refractivity contribution in [2.45, 2.75) is 36.2 Å². The molecule has 1 N–H and O–H groups in total. The van der Waals surface area contributed by atoms with E-state index in [0.717, 1.165) is 38.8 Å². The Balaban J connectivity index is 1.49. The van der Waals surface area contributed by atoms with Crippen LogP contribution in [-0.4, -0.2) is 31.6 Å². The second-order valence-electron chi connectivity index (χ2n) is 5.74. The SMILES string of the molecule is Brc1cnn2ccnc(NCC3CC4CCC(C3)S4)c12. The zero-order valence-corrected chi connectivity index (χ0v) is 13.5. The Morgan fingerprint density at radius 1 is 1.35 bits per heavy atom. The molecule has 2 aromatic rings. The van der Waals surface area contributed by atoms with Crippen LogP contribution in [0.15, 0.2) is 23.1 Å². The van der Waals surface area contributed by atoms with Gasteiger partial charge in [-0.05, 0) is 47.5 Å². The molecule has 4 rings (SSSR count). The Kier molecular flexibility index (Phi) is 3.38. The van der Waals surface area contributed by atoms with E-state index in [1.165, 1.54) is 25.7 Å². The van der Waals surface area contributed by atoms with Gasteiger partial charge in [0.2, 0.25) is 0 Å². The smallest absolute Gasteiger partial charge is 0.153 e. The summed E-state index contributed by atoms with van der Waals surface area (Å²) in [7, 11) is 0. The molecule has 2 aromatic heterocycles. The van der Waals surface area contributed by atoms with Crippen LogP contribution in [0.3, 0.4) is 0 Å². The van der Waals surface area contributed by atoms with Crippen molar-refractivity contribution in [3.8, 4) is 0 Å². The zero-order chi connectivity index (χ0) is 13.5. The summed E-state index contributed by atoms with van der Waals surface area (Å²) < 4.78 is 2.85. The number of hydrogen-bond acceptors (Lipinski definition) is 4. The van der Waals surface area contributed by atoms with Gasteiger partial charge in [-0.1, -0.05) is 0 Å². The molecule has 2 fully saturated rings. The number of anilines is 1. The molecule has 106 valence electrons. The molecule has 2 bridgehead atoms. The number of nitrogens with zero attached hydrogens (tertiary/aromatic N) is 3. The third-order valence-corrected chi connectivity index (χ3v) is 6.54. The van der Waals surface area contributed by atoms with Gasteiger partial charge >= 0.3 is 0 Å². The highest BCUT2D eigenvalue weighted by atomic mass is 79.9. The molecule has 0 aliphatic carbocycles. The monoisotopic (exact) mass is 352 g/mol. The van der Waals surface area contributed by atoms with Crippen LogP contribution in [0.2, 0.25) is 0 Å². The Labute approximate surface area is 130 Å². The first-order valence-corrected chi connectivity index (χ1v) is 8.90. The lowest BCUT2D eigenvalue weighted by atomic mass is 9.99. The van der Waals surface area contributed by atoms with Gasteiger partial charge in [-0.25, -0.2) is 9.50 Å². The second kappa shape index (κ2) is 5.22. The maximum atomic E-state index is 4.47. The zero-order valence-electron chi connectivity index (χ0n) is 11.1. The molecule has 4 nitrogen and oxygen atoms in total. The van der Waals surface area contributed by atoms with Crippen LogP contribution in [-0.2, 0) is 0 Å². The molecule has 20 heavy (non-hydrogen) atoms. The largest absolute Gasteiger partial charge is 0.368 e. The van der Waals surface area contributed by atoms with Crippen molar-refractivity contribution in [1.29, 1.82) is 0 Å². The van der Waals surface area contributed by atoms with E-state index in [1.807, 2.05) is 16.9 Å². The van der Waals surface area contributed by atoms with Crippen molar-refractivity contribution >= 4 is 39.0 Å². The normalized spacial score (nSPS) is 28.9. The van der Waals surface area contributed by atoms with Gasteiger partial charge in [0.25, 0.3) is 0 Å². The number of fused-ring (bicyclic) bond motifs is 3. The average molecular weight is 353 g/mol. The lowest BCUT2D eigenvalue weighted by molar-refractivity contribution is 0.476. The van der Waals surface area contributed by atoms with E-state index in [9.17, 15) is 0 Å². The molecule has 2 aliphatic rings. The fourth-order valence-electron chi connectivity index (χ4n) is 3.41. The molecular formula is C14H17BrN4S. The minimum Gasteiger partial charge on any atom is -0.368 e. The first kappa shape index (κ1) is 13.0. The maximum absolute atomic E-state index is 4.47. The number of aromatic nitrogens is 3. The molecule has 6 heteroatoms. The molecule has 0 spiro atoms. The second-order valence-corrected chi connectivity index (χ2v) is 8.20. The molecule has 0 amide bonds. The molecule has 2 unspecified atom stereocenters. The van der Waals surface area contributed by atoms with Gasteiger partial charge in [0, 0.05) is 29.4 Å². The van der Waals surface area contributed by atoms with Gasteiger partial charge in [-0.2, -0.15) is 16.9 Å². The van der Waals surface area contributed by atoms with Gasteiger partial charge in [-0.3, -0.25) is 0 Å². The average Bonchev–Trinajstić information content (AvgIpc) is 3.00. The van der Waals surface area contributed by atoms with Gasteiger partial charge in [0.15, 0.2) is 5.82 Å². The summed E-state index contributed by atoms with van der Waals surface area (Å²) in [4.78, 5) is 4.47. The number of halogens is 1. The highest BCUT2D eigenvalue weighted by Gasteiger charge is 2.34. The third kappa shape index (κ3) is 2.33. The lowest BCUT2D eigenvalue weighted by Crippen LogP contribution is -2.24. The topological polar surface area (TPSA) is 42.2 Å². The Morgan fingerprint density at radius 3 is 2.95 bits per heavy atom. The Bertz CT molecular complexity index is 617. The predicted octanol–water partition coefficient (Wildman–Crippen LogP) is 3.58. The summed E-state index contributed by atoms with van der Waals surface area (Å²) in [5.41, 5.74) is 1.03. The number of thioether (sulfide) groups is 1. The van der Waals surface area contributed by atoms with E-state index >= 15 is 0 Å².